The Hall–Kier alpha value is -1.06. The van der Waals surface area contributed by atoms with Crippen LogP contribution in [0.2, 0.25) is 0 Å². The molecule has 0 unspecified atom stereocenters. The first-order valence-electron chi connectivity index (χ1n) is 6.07. The van der Waals surface area contributed by atoms with Gasteiger partial charge in [0.1, 0.15) is 24.4 Å². The number of aliphatic hydroxyl groups excluding tert-OH is 4. The Kier molecular flexibility index (Phi) is 5.60. The van der Waals surface area contributed by atoms with Crippen molar-refractivity contribution >= 4 is 0 Å². The molecule has 7 heteroatoms. The Balaban J connectivity index is 0.00000200. The second-order valence-corrected chi connectivity index (χ2v) is 4.77. The maximum absolute atomic E-state index is 10.3. The van der Waals surface area contributed by atoms with Gasteiger partial charge < -0.3 is 36.4 Å². The maximum Gasteiger partial charge on any atom is 0.199 e. The summed E-state index contributed by atoms with van der Waals surface area (Å²) in [6.07, 6.45) is -5.90. The highest BCUT2D eigenvalue weighted by Gasteiger charge is 2.52. The van der Waals surface area contributed by atoms with E-state index in [2.05, 4.69) is 0 Å². The van der Waals surface area contributed by atoms with Crippen molar-refractivity contribution in [3.8, 4) is 0 Å². The molecule has 0 radical (unpaired) electrons. The molecule has 1 aliphatic heterocycles. The van der Waals surface area contributed by atoms with Crippen LogP contribution in [0.25, 0.3) is 0 Å². The fourth-order valence-electron chi connectivity index (χ4n) is 2.25. The summed E-state index contributed by atoms with van der Waals surface area (Å²) in [4.78, 5) is 0. The molecular weight excluding hydrogens is 266 g/mol. The van der Waals surface area contributed by atoms with Crippen molar-refractivity contribution < 1.29 is 30.3 Å². The zero-order chi connectivity index (χ0) is 14.0. The zero-order valence-electron chi connectivity index (χ0n) is 11.0. The SMILES string of the molecule is N.OC[C@H]1O[C@](O)(Cc2ccccc2)[C@H](O)[C@@H](O)[C@@H]1O. The van der Waals surface area contributed by atoms with E-state index in [1.807, 2.05) is 0 Å². The molecule has 1 aromatic carbocycles. The molecule has 5 atom stereocenters. The number of aliphatic hydroxyl groups is 5. The highest BCUT2D eigenvalue weighted by atomic mass is 16.7. The van der Waals surface area contributed by atoms with Crippen LogP contribution >= 0.6 is 0 Å². The van der Waals surface area contributed by atoms with Gasteiger partial charge in [-0.15, -0.1) is 0 Å². The Labute approximate surface area is 116 Å². The summed E-state index contributed by atoms with van der Waals surface area (Å²) < 4.78 is 5.17. The number of hydrogen-bond donors (Lipinski definition) is 6. The van der Waals surface area contributed by atoms with Gasteiger partial charge in [0.25, 0.3) is 0 Å². The molecule has 1 aromatic rings. The van der Waals surface area contributed by atoms with Gasteiger partial charge in [0.15, 0.2) is 5.79 Å². The van der Waals surface area contributed by atoms with Crippen molar-refractivity contribution in [2.75, 3.05) is 6.61 Å². The molecule has 1 saturated heterocycles. The highest BCUT2D eigenvalue weighted by Crippen LogP contribution is 2.30. The summed E-state index contributed by atoms with van der Waals surface area (Å²) in [6.45, 7) is -0.567. The van der Waals surface area contributed by atoms with Gasteiger partial charge in [-0.05, 0) is 5.56 Å². The molecule has 0 bridgehead atoms. The molecule has 0 aliphatic carbocycles. The van der Waals surface area contributed by atoms with E-state index in [4.69, 9.17) is 9.84 Å². The van der Waals surface area contributed by atoms with E-state index in [9.17, 15) is 20.4 Å². The number of benzene rings is 1. The van der Waals surface area contributed by atoms with Gasteiger partial charge in [-0.3, -0.25) is 0 Å². The van der Waals surface area contributed by atoms with Crippen LogP contribution in [0.15, 0.2) is 30.3 Å². The van der Waals surface area contributed by atoms with E-state index in [0.29, 0.717) is 5.56 Å². The number of rotatable bonds is 3. The van der Waals surface area contributed by atoms with Crippen LogP contribution < -0.4 is 6.15 Å². The third kappa shape index (κ3) is 3.15. The van der Waals surface area contributed by atoms with Gasteiger partial charge in [0, 0.05) is 6.42 Å². The summed E-state index contributed by atoms with van der Waals surface area (Å²) in [5.41, 5.74) is 0.698. The second-order valence-electron chi connectivity index (χ2n) is 4.77. The average Bonchev–Trinajstić information content (AvgIpc) is 2.42. The third-order valence-corrected chi connectivity index (χ3v) is 3.35. The number of hydrogen-bond acceptors (Lipinski definition) is 7. The topological polar surface area (TPSA) is 145 Å². The molecule has 0 saturated carbocycles. The summed E-state index contributed by atoms with van der Waals surface area (Å²) >= 11 is 0. The van der Waals surface area contributed by atoms with Crippen LogP contribution in [0.5, 0.6) is 0 Å². The molecule has 8 N–H and O–H groups in total. The smallest absolute Gasteiger partial charge is 0.199 e. The zero-order valence-corrected chi connectivity index (χ0v) is 11.0. The maximum atomic E-state index is 10.3. The molecule has 0 amide bonds. The van der Waals surface area contributed by atoms with Crippen LogP contribution in [0.1, 0.15) is 5.56 Å². The van der Waals surface area contributed by atoms with Crippen molar-refractivity contribution in [1.82, 2.24) is 6.15 Å². The molecule has 2 rings (SSSR count). The van der Waals surface area contributed by atoms with Crippen LogP contribution in [0, 0.1) is 0 Å². The van der Waals surface area contributed by atoms with Crippen LogP contribution in [0.4, 0.5) is 0 Å². The Bertz CT molecular complexity index is 415. The highest BCUT2D eigenvalue weighted by molar-refractivity contribution is 5.17. The van der Waals surface area contributed by atoms with Crippen LogP contribution in [-0.4, -0.2) is 62.3 Å². The molecule has 7 nitrogen and oxygen atoms in total. The first-order chi connectivity index (χ1) is 8.98. The van der Waals surface area contributed by atoms with E-state index in [-0.39, 0.29) is 12.6 Å². The largest absolute Gasteiger partial charge is 0.394 e. The van der Waals surface area contributed by atoms with E-state index >= 15 is 0 Å². The van der Waals surface area contributed by atoms with Crippen molar-refractivity contribution in [2.24, 2.45) is 0 Å². The van der Waals surface area contributed by atoms with Crippen molar-refractivity contribution in [1.29, 1.82) is 0 Å². The van der Waals surface area contributed by atoms with Crippen molar-refractivity contribution in [3.63, 3.8) is 0 Å². The van der Waals surface area contributed by atoms with Gasteiger partial charge in [-0.25, -0.2) is 0 Å². The lowest BCUT2D eigenvalue weighted by Gasteiger charge is -2.45. The quantitative estimate of drug-likeness (QED) is 0.399. The lowest BCUT2D eigenvalue weighted by atomic mass is 9.89. The molecule has 114 valence electrons. The second kappa shape index (κ2) is 6.59. The first kappa shape index (κ1) is 17.0. The van der Waals surface area contributed by atoms with E-state index < -0.39 is 36.8 Å². The minimum Gasteiger partial charge on any atom is -0.394 e. The summed E-state index contributed by atoms with van der Waals surface area (Å²) in [7, 11) is 0. The molecule has 0 aromatic heterocycles. The Morgan fingerprint density at radius 3 is 2.20 bits per heavy atom. The molecule has 1 fully saturated rings. The predicted octanol–water partition coefficient (Wildman–Crippen LogP) is -1.45. The first-order valence-corrected chi connectivity index (χ1v) is 6.07. The monoisotopic (exact) mass is 287 g/mol. The standard InChI is InChI=1S/C13H18O6.H3N/c14-7-9-10(15)11(16)12(17)13(18,19-9)6-8-4-2-1-3-5-8;/h1-5,9-12,14-18H,6-7H2;1H3/t9-,10-,11+,12-,13-;/m1./s1. The van der Waals surface area contributed by atoms with Crippen molar-refractivity contribution in [3.05, 3.63) is 35.9 Å². The van der Waals surface area contributed by atoms with E-state index in [1.165, 1.54) is 0 Å². The molecule has 20 heavy (non-hydrogen) atoms. The lowest BCUT2D eigenvalue weighted by Crippen LogP contribution is -2.65. The molecule has 1 heterocycles. The fraction of sp³-hybridized carbons (Fsp3) is 0.538. The van der Waals surface area contributed by atoms with E-state index in [0.717, 1.165) is 0 Å². The summed E-state index contributed by atoms with van der Waals surface area (Å²) in [6, 6.07) is 8.81. The minimum absolute atomic E-state index is 0. The van der Waals surface area contributed by atoms with Gasteiger partial charge >= 0.3 is 0 Å². The van der Waals surface area contributed by atoms with Gasteiger partial charge in [-0.1, -0.05) is 30.3 Å². The van der Waals surface area contributed by atoms with Gasteiger partial charge in [0.2, 0.25) is 0 Å². The summed E-state index contributed by atoms with van der Waals surface area (Å²) in [5.74, 6) is -2.05. The van der Waals surface area contributed by atoms with E-state index in [1.54, 1.807) is 30.3 Å². The fourth-order valence-corrected chi connectivity index (χ4v) is 2.25. The molecule has 0 spiro atoms. The summed E-state index contributed by atoms with van der Waals surface area (Å²) in [5, 5.41) is 48.6. The van der Waals surface area contributed by atoms with Gasteiger partial charge in [-0.2, -0.15) is 0 Å². The predicted molar refractivity (Wildman–Crippen MR) is 70.1 cm³/mol. The lowest BCUT2D eigenvalue weighted by molar-refractivity contribution is -0.348. The van der Waals surface area contributed by atoms with Crippen LogP contribution in [0.3, 0.4) is 0 Å². The Morgan fingerprint density at radius 2 is 1.65 bits per heavy atom. The molecule has 1 aliphatic rings. The normalized spacial score (nSPS) is 37.2. The number of ether oxygens (including phenoxy) is 1. The Morgan fingerprint density at radius 1 is 1.05 bits per heavy atom. The third-order valence-electron chi connectivity index (χ3n) is 3.35. The van der Waals surface area contributed by atoms with Gasteiger partial charge in [0.05, 0.1) is 6.61 Å². The van der Waals surface area contributed by atoms with Crippen LogP contribution in [-0.2, 0) is 11.2 Å². The van der Waals surface area contributed by atoms with Crippen molar-refractivity contribution in [2.45, 2.75) is 36.6 Å². The average molecular weight is 287 g/mol. The molecular formula is C13H21NO6. The minimum atomic E-state index is -2.05.